The lowest BCUT2D eigenvalue weighted by Crippen LogP contribution is -2.53. The molecule has 0 aromatic heterocycles. The Balaban J connectivity index is 2.51. The molecule has 0 aliphatic heterocycles. The summed E-state index contributed by atoms with van der Waals surface area (Å²) in [4.78, 5) is 2.44. The number of rotatable bonds is 9. The third-order valence-electron chi connectivity index (χ3n) is 4.06. The van der Waals surface area contributed by atoms with Gasteiger partial charge in [0.1, 0.15) is 0 Å². The maximum absolute atomic E-state index is 9.45. The van der Waals surface area contributed by atoms with E-state index in [1.165, 1.54) is 0 Å². The van der Waals surface area contributed by atoms with Gasteiger partial charge in [-0.1, -0.05) is 0 Å². The van der Waals surface area contributed by atoms with E-state index in [0.717, 1.165) is 58.4 Å². The number of nitrogens with two attached hydrogens (primary N) is 1. The molecule has 2 atom stereocenters. The van der Waals surface area contributed by atoms with E-state index in [9.17, 15) is 5.11 Å². The van der Waals surface area contributed by atoms with Gasteiger partial charge >= 0.3 is 0 Å². The second-order valence-electron chi connectivity index (χ2n) is 5.65. The van der Waals surface area contributed by atoms with Crippen LogP contribution in [0.15, 0.2) is 0 Å². The fraction of sp³-hybridized carbons (Fsp3) is 1.00. The van der Waals surface area contributed by atoms with Crippen molar-refractivity contribution < 1.29 is 14.6 Å². The van der Waals surface area contributed by atoms with Gasteiger partial charge < -0.3 is 20.3 Å². The number of hydrogen-bond acceptors (Lipinski definition) is 5. The molecule has 1 rings (SSSR count). The lowest BCUT2D eigenvalue weighted by molar-refractivity contribution is 0.0561. The third-order valence-corrected chi connectivity index (χ3v) is 4.06. The SMILES string of the molecule is COCCCN(CCOC)C1CCCC(N)(CO)C1. The van der Waals surface area contributed by atoms with Crippen LogP contribution in [0.1, 0.15) is 32.1 Å². The van der Waals surface area contributed by atoms with Crippen LogP contribution in [-0.4, -0.2) is 68.7 Å². The molecule has 0 aromatic carbocycles. The van der Waals surface area contributed by atoms with Crippen molar-refractivity contribution in [2.75, 3.05) is 47.1 Å². The Morgan fingerprint density at radius 3 is 2.63 bits per heavy atom. The molecule has 1 fully saturated rings. The molecule has 0 heterocycles. The molecule has 0 bridgehead atoms. The highest BCUT2D eigenvalue weighted by Gasteiger charge is 2.34. The van der Waals surface area contributed by atoms with Crippen LogP contribution in [0.4, 0.5) is 0 Å². The molecule has 5 nitrogen and oxygen atoms in total. The molecule has 0 radical (unpaired) electrons. The Kier molecular flexibility index (Phi) is 7.87. The fourth-order valence-corrected chi connectivity index (χ4v) is 2.92. The topological polar surface area (TPSA) is 68.0 Å². The van der Waals surface area contributed by atoms with Gasteiger partial charge in [-0.25, -0.2) is 0 Å². The van der Waals surface area contributed by atoms with E-state index in [4.69, 9.17) is 15.2 Å². The maximum atomic E-state index is 9.45. The van der Waals surface area contributed by atoms with Crippen molar-refractivity contribution in [2.45, 2.75) is 43.7 Å². The van der Waals surface area contributed by atoms with E-state index in [1.807, 2.05) is 0 Å². The summed E-state index contributed by atoms with van der Waals surface area (Å²) in [6, 6.07) is 0.456. The summed E-state index contributed by atoms with van der Waals surface area (Å²) in [5.41, 5.74) is 5.84. The van der Waals surface area contributed by atoms with E-state index in [-0.39, 0.29) is 6.61 Å². The average molecular weight is 274 g/mol. The van der Waals surface area contributed by atoms with Crippen molar-refractivity contribution in [3.05, 3.63) is 0 Å². The highest BCUT2D eigenvalue weighted by atomic mass is 16.5. The molecular formula is C14H30N2O3. The summed E-state index contributed by atoms with van der Waals surface area (Å²) in [5, 5.41) is 9.45. The van der Waals surface area contributed by atoms with E-state index in [1.54, 1.807) is 14.2 Å². The molecule has 5 heteroatoms. The van der Waals surface area contributed by atoms with Crippen LogP contribution < -0.4 is 5.73 Å². The monoisotopic (exact) mass is 274 g/mol. The first-order chi connectivity index (χ1) is 9.15. The fourth-order valence-electron chi connectivity index (χ4n) is 2.92. The summed E-state index contributed by atoms with van der Waals surface area (Å²) in [5.74, 6) is 0. The Hall–Kier alpha value is -0.200. The van der Waals surface area contributed by atoms with Crippen molar-refractivity contribution >= 4 is 0 Å². The van der Waals surface area contributed by atoms with E-state index in [0.29, 0.717) is 6.04 Å². The quantitative estimate of drug-likeness (QED) is 0.603. The third kappa shape index (κ3) is 5.75. The van der Waals surface area contributed by atoms with Crippen LogP contribution in [0.2, 0.25) is 0 Å². The van der Waals surface area contributed by atoms with Gasteiger partial charge in [0.15, 0.2) is 0 Å². The molecule has 0 aromatic rings. The Bertz CT molecular complexity index is 241. The first-order valence-electron chi connectivity index (χ1n) is 7.27. The molecule has 2 unspecified atom stereocenters. The van der Waals surface area contributed by atoms with E-state index in [2.05, 4.69) is 4.90 Å². The van der Waals surface area contributed by atoms with Crippen LogP contribution in [0.5, 0.6) is 0 Å². The second-order valence-corrected chi connectivity index (χ2v) is 5.65. The van der Waals surface area contributed by atoms with Gasteiger partial charge in [0, 0.05) is 45.5 Å². The van der Waals surface area contributed by atoms with Crippen molar-refractivity contribution in [3.8, 4) is 0 Å². The first kappa shape index (κ1) is 16.9. The number of aliphatic hydroxyl groups is 1. The van der Waals surface area contributed by atoms with Crippen LogP contribution in [0, 0.1) is 0 Å². The minimum absolute atomic E-state index is 0.0830. The van der Waals surface area contributed by atoms with Crippen molar-refractivity contribution in [1.82, 2.24) is 4.90 Å². The molecule has 0 amide bonds. The van der Waals surface area contributed by atoms with Gasteiger partial charge in [-0.05, 0) is 32.1 Å². The number of ether oxygens (including phenoxy) is 2. The molecule has 0 spiro atoms. The minimum atomic E-state index is -0.393. The molecule has 114 valence electrons. The van der Waals surface area contributed by atoms with Crippen LogP contribution >= 0.6 is 0 Å². The zero-order valence-electron chi connectivity index (χ0n) is 12.4. The average Bonchev–Trinajstić information content (AvgIpc) is 2.43. The predicted molar refractivity (Wildman–Crippen MR) is 76.2 cm³/mol. The molecular weight excluding hydrogens is 244 g/mol. The van der Waals surface area contributed by atoms with Crippen molar-refractivity contribution in [3.63, 3.8) is 0 Å². The van der Waals surface area contributed by atoms with E-state index >= 15 is 0 Å². The van der Waals surface area contributed by atoms with Gasteiger partial charge in [0.25, 0.3) is 0 Å². The van der Waals surface area contributed by atoms with Gasteiger partial charge in [0.2, 0.25) is 0 Å². The summed E-state index contributed by atoms with van der Waals surface area (Å²) >= 11 is 0. The predicted octanol–water partition coefficient (Wildman–Crippen LogP) is 0.604. The molecule has 1 saturated carbocycles. The van der Waals surface area contributed by atoms with Gasteiger partial charge in [-0.15, -0.1) is 0 Å². The lowest BCUT2D eigenvalue weighted by Gasteiger charge is -2.42. The Labute approximate surface area is 117 Å². The largest absolute Gasteiger partial charge is 0.394 e. The first-order valence-corrected chi connectivity index (χ1v) is 7.27. The Morgan fingerprint density at radius 1 is 1.26 bits per heavy atom. The number of hydrogen-bond donors (Lipinski definition) is 2. The summed E-state index contributed by atoms with van der Waals surface area (Å²) in [7, 11) is 3.46. The van der Waals surface area contributed by atoms with Crippen LogP contribution in [-0.2, 0) is 9.47 Å². The van der Waals surface area contributed by atoms with Crippen LogP contribution in [0.3, 0.4) is 0 Å². The van der Waals surface area contributed by atoms with Gasteiger partial charge in [0.05, 0.1) is 13.2 Å². The van der Waals surface area contributed by atoms with Crippen LogP contribution in [0.25, 0.3) is 0 Å². The molecule has 19 heavy (non-hydrogen) atoms. The Morgan fingerprint density at radius 2 is 2.00 bits per heavy atom. The van der Waals surface area contributed by atoms with E-state index < -0.39 is 5.54 Å². The maximum Gasteiger partial charge on any atom is 0.0611 e. The van der Waals surface area contributed by atoms with Gasteiger partial charge in [-0.3, -0.25) is 4.90 Å². The number of aliphatic hydroxyl groups excluding tert-OH is 1. The summed E-state index contributed by atoms with van der Waals surface area (Å²) in [6.07, 6.45) is 5.08. The number of methoxy groups -OCH3 is 2. The van der Waals surface area contributed by atoms with Gasteiger partial charge in [-0.2, -0.15) is 0 Å². The summed E-state index contributed by atoms with van der Waals surface area (Å²) < 4.78 is 10.3. The standard InChI is InChI=1S/C14H30N2O3/c1-18-9-4-7-16(8-10-19-2)13-5-3-6-14(15,11-13)12-17/h13,17H,3-12,15H2,1-2H3. The zero-order valence-corrected chi connectivity index (χ0v) is 12.4. The molecule has 3 N–H and O–H groups in total. The van der Waals surface area contributed by atoms with Crippen molar-refractivity contribution in [1.29, 1.82) is 0 Å². The smallest absolute Gasteiger partial charge is 0.0611 e. The highest BCUT2D eigenvalue weighted by Crippen LogP contribution is 2.29. The zero-order chi connectivity index (χ0) is 14.1. The minimum Gasteiger partial charge on any atom is -0.394 e. The molecule has 1 aliphatic carbocycles. The second kappa shape index (κ2) is 8.87. The normalized spacial score (nSPS) is 27.9. The highest BCUT2D eigenvalue weighted by molar-refractivity contribution is 4.93. The molecule has 1 aliphatic rings. The lowest BCUT2D eigenvalue weighted by atomic mass is 9.79. The number of nitrogens with zero attached hydrogens (tertiary/aromatic N) is 1. The summed E-state index contributed by atoms with van der Waals surface area (Å²) in [6.45, 7) is 3.53. The molecule has 0 saturated heterocycles. The van der Waals surface area contributed by atoms with Crippen molar-refractivity contribution in [2.24, 2.45) is 5.73 Å².